The van der Waals surface area contributed by atoms with Gasteiger partial charge in [0.15, 0.2) is 5.82 Å². The average molecular weight is 526 g/mol. The quantitative estimate of drug-likeness (QED) is 0.226. The van der Waals surface area contributed by atoms with E-state index in [0.29, 0.717) is 0 Å². The molecule has 7 aromatic rings. The van der Waals surface area contributed by atoms with Gasteiger partial charge in [-0.3, -0.25) is 4.90 Å². The Kier molecular flexibility index (Phi) is 4.44. The summed E-state index contributed by atoms with van der Waals surface area (Å²) in [5.74, 6) is 2.53. The fourth-order valence-corrected chi connectivity index (χ4v) is 7.25. The van der Waals surface area contributed by atoms with E-state index in [9.17, 15) is 0 Å². The van der Waals surface area contributed by atoms with Crippen LogP contribution in [0, 0.1) is 0 Å². The number of anilines is 2. The monoisotopic (exact) mass is 525 g/mol. The maximum atomic E-state index is 5.44. The number of hydrogen-bond donors (Lipinski definition) is 0. The van der Waals surface area contributed by atoms with Gasteiger partial charge in [0.05, 0.1) is 22.1 Å². The first kappa shape index (κ1) is 22.7. The van der Waals surface area contributed by atoms with Gasteiger partial charge >= 0.3 is 0 Å². The molecule has 0 radical (unpaired) electrons. The third-order valence-electron chi connectivity index (χ3n) is 8.79. The molecule has 0 saturated carbocycles. The molecule has 0 amide bonds. The van der Waals surface area contributed by atoms with Crippen LogP contribution in [0.1, 0.15) is 27.7 Å². The Morgan fingerprint density at radius 1 is 0.641 bits per heavy atom. The molecule has 8 rings (SSSR count). The smallest absolute Gasteiger partial charge is 0.213 e. The number of rotatable bonds is 2. The highest BCUT2D eigenvalue weighted by molar-refractivity contribution is 7.26. The predicted octanol–water partition coefficient (Wildman–Crippen LogP) is 8.68. The summed E-state index contributed by atoms with van der Waals surface area (Å²) in [5.41, 5.74) is 3.55. The predicted molar refractivity (Wildman–Crippen MR) is 163 cm³/mol. The number of fused-ring (bicyclic) bond motifs is 8. The molecular weight excluding hydrogens is 498 g/mol. The van der Waals surface area contributed by atoms with Gasteiger partial charge in [0.2, 0.25) is 5.95 Å². The topological polar surface area (TPSA) is 46.8 Å². The summed E-state index contributed by atoms with van der Waals surface area (Å²) < 4.78 is 4.98. The van der Waals surface area contributed by atoms with E-state index >= 15 is 0 Å². The van der Waals surface area contributed by atoms with Crippen molar-refractivity contribution in [1.29, 1.82) is 0 Å². The van der Waals surface area contributed by atoms with Crippen molar-refractivity contribution < 1.29 is 0 Å². The third-order valence-corrected chi connectivity index (χ3v) is 9.93. The molecule has 39 heavy (non-hydrogen) atoms. The number of imidazole rings is 1. The summed E-state index contributed by atoms with van der Waals surface area (Å²) in [6.07, 6.45) is 0. The molecule has 1 aliphatic heterocycles. The lowest BCUT2D eigenvalue weighted by Crippen LogP contribution is -2.50. The first-order valence-corrected chi connectivity index (χ1v) is 14.1. The van der Waals surface area contributed by atoms with Gasteiger partial charge in [-0.25, -0.2) is 15.0 Å². The number of nitrogens with zero attached hydrogens (tertiary/aromatic N) is 5. The molecule has 5 nitrogen and oxygen atoms in total. The van der Waals surface area contributed by atoms with Gasteiger partial charge in [-0.15, -0.1) is 11.3 Å². The standard InChI is InChI=1S/C33H27N5S/c1-32(2)33(3,4)38(30-21-14-8-10-16-23(21)34-29(36-30)20-12-6-5-7-13-20)31-35-28-24(37(31)32)18-19-26-27(28)22-15-9-11-17-25(22)39-26/h5-19H,1-4H3. The number of benzene rings is 4. The highest BCUT2D eigenvalue weighted by atomic mass is 32.1. The minimum atomic E-state index is -0.319. The minimum Gasteiger partial charge on any atom is -0.302 e. The zero-order valence-corrected chi connectivity index (χ0v) is 23.1. The van der Waals surface area contributed by atoms with Gasteiger partial charge in [-0.2, -0.15) is 0 Å². The highest BCUT2D eigenvalue weighted by Crippen LogP contribution is 2.53. The molecule has 4 heterocycles. The Hall–Kier alpha value is -4.29. The largest absolute Gasteiger partial charge is 0.302 e. The lowest BCUT2D eigenvalue weighted by molar-refractivity contribution is 0.252. The summed E-state index contributed by atoms with van der Waals surface area (Å²) in [4.78, 5) is 18.0. The van der Waals surface area contributed by atoms with Gasteiger partial charge < -0.3 is 4.57 Å². The summed E-state index contributed by atoms with van der Waals surface area (Å²) in [7, 11) is 0. The Morgan fingerprint density at radius 2 is 1.36 bits per heavy atom. The second-order valence-corrected chi connectivity index (χ2v) is 12.4. The molecule has 0 saturated heterocycles. The molecule has 6 heteroatoms. The van der Waals surface area contributed by atoms with Crippen LogP contribution in [-0.2, 0) is 5.54 Å². The number of thiophene rings is 1. The average Bonchev–Trinajstić information content (AvgIpc) is 3.55. The molecule has 0 atom stereocenters. The normalized spacial score (nSPS) is 16.1. The van der Waals surface area contributed by atoms with Gasteiger partial charge in [0.1, 0.15) is 11.3 Å². The van der Waals surface area contributed by atoms with Crippen molar-refractivity contribution in [2.24, 2.45) is 0 Å². The Labute approximate surface area is 230 Å². The van der Waals surface area contributed by atoms with Crippen molar-refractivity contribution in [2.75, 3.05) is 4.90 Å². The molecule has 0 spiro atoms. The summed E-state index contributed by atoms with van der Waals surface area (Å²) in [6, 6.07) is 31.7. The SMILES string of the molecule is CC1(C)N(c2nc(-c3ccccc3)nc3ccccc23)c2nc3c4c(ccc3n2C1(C)C)sc1ccccc14. The van der Waals surface area contributed by atoms with Crippen molar-refractivity contribution in [3.05, 3.63) is 91.0 Å². The number of para-hydroxylation sites is 1. The summed E-state index contributed by atoms with van der Waals surface area (Å²) >= 11 is 1.83. The molecular formula is C33H27N5S. The van der Waals surface area contributed by atoms with Crippen molar-refractivity contribution in [1.82, 2.24) is 19.5 Å². The van der Waals surface area contributed by atoms with Crippen LogP contribution >= 0.6 is 11.3 Å². The Morgan fingerprint density at radius 3 is 2.18 bits per heavy atom. The van der Waals surface area contributed by atoms with Crippen molar-refractivity contribution in [3.63, 3.8) is 0 Å². The fourth-order valence-electron chi connectivity index (χ4n) is 6.14. The zero-order chi connectivity index (χ0) is 26.5. The van der Waals surface area contributed by atoms with E-state index < -0.39 is 0 Å². The minimum absolute atomic E-state index is 0.268. The molecule has 4 aromatic carbocycles. The maximum Gasteiger partial charge on any atom is 0.213 e. The first-order valence-electron chi connectivity index (χ1n) is 13.3. The molecule has 0 N–H and O–H groups in total. The van der Waals surface area contributed by atoms with E-state index in [1.54, 1.807) is 0 Å². The van der Waals surface area contributed by atoms with Gasteiger partial charge in [-0.1, -0.05) is 60.7 Å². The van der Waals surface area contributed by atoms with E-state index in [1.165, 1.54) is 20.2 Å². The summed E-state index contributed by atoms with van der Waals surface area (Å²) in [6.45, 7) is 9.22. The molecule has 0 aliphatic carbocycles. The van der Waals surface area contributed by atoms with Crippen LogP contribution in [0.4, 0.5) is 11.8 Å². The second-order valence-electron chi connectivity index (χ2n) is 11.4. The van der Waals surface area contributed by atoms with Crippen LogP contribution in [0.25, 0.3) is 53.5 Å². The van der Waals surface area contributed by atoms with Gasteiger partial charge in [0.25, 0.3) is 0 Å². The van der Waals surface area contributed by atoms with E-state index in [-0.39, 0.29) is 11.1 Å². The van der Waals surface area contributed by atoms with Gasteiger partial charge in [-0.05, 0) is 58.0 Å². The Bertz CT molecular complexity index is 2080. The van der Waals surface area contributed by atoms with Crippen molar-refractivity contribution in [2.45, 2.75) is 38.8 Å². The maximum absolute atomic E-state index is 5.44. The lowest BCUT2D eigenvalue weighted by Gasteiger charge is -2.41. The molecule has 0 unspecified atom stereocenters. The molecule has 3 aromatic heterocycles. The van der Waals surface area contributed by atoms with Crippen molar-refractivity contribution in [3.8, 4) is 11.4 Å². The molecule has 190 valence electrons. The van der Waals surface area contributed by atoms with Crippen LogP contribution in [-0.4, -0.2) is 25.1 Å². The van der Waals surface area contributed by atoms with Crippen LogP contribution in [0.15, 0.2) is 91.0 Å². The van der Waals surface area contributed by atoms with Crippen LogP contribution < -0.4 is 4.90 Å². The van der Waals surface area contributed by atoms with E-state index in [2.05, 4.69) is 104 Å². The van der Waals surface area contributed by atoms with Crippen LogP contribution in [0.3, 0.4) is 0 Å². The van der Waals surface area contributed by atoms with Crippen LogP contribution in [0.5, 0.6) is 0 Å². The summed E-state index contributed by atoms with van der Waals surface area (Å²) in [5, 5.41) is 3.52. The van der Waals surface area contributed by atoms with E-state index in [4.69, 9.17) is 15.0 Å². The zero-order valence-electron chi connectivity index (χ0n) is 22.3. The third kappa shape index (κ3) is 2.92. The first-order chi connectivity index (χ1) is 18.9. The van der Waals surface area contributed by atoms with Gasteiger partial charge in [0, 0.05) is 31.1 Å². The van der Waals surface area contributed by atoms with Crippen molar-refractivity contribution >= 4 is 65.2 Å². The molecule has 1 aliphatic rings. The number of aromatic nitrogens is 4. The lowest BCUT2D eigenvalue weighted by atomic mass is 9.82. The molecule has 0 bridgehead atoms. The van der Waals surface area contributed by atoms with Crippen LogP contribution in [0.2, 0.25) is 0 Å². The Balaban J connectivity index is 1.47. The van der Waals surface area contributed by atoms with E-state index in [1.807, 2.05) is 35.6 Å². The fraction of sp³-hybridized carbons (Fsp3) is 0.182. The second kappa shape index (κ2) is 7.64. The van der Waals surface area contributed by atoms with E-state index in [0.717, 1.165) is 45.1 Å². The highest BCUT2D eigenvalue weighted by Gasteiger charge is 2.54. The molecule has 0 fully saturated rings. The number of hydrogen-bond acceptors (Lipinski definition) is 5.